The number of rotatable bonds is 5. The standard InChI is InChI=1S/C20H23NO3/c1-2-23-18-10-8-16(9-11-18)19(22)24-20(12-14-21-15-13-20)17-6-4-3-5-7-17/h3-11,21H,2,12-15H2,1H3. The summed E-state index contributed by atoms with van der Waals surface area (Å²) in [7, 11) is 0. The molecule has 1 N–H and O–H groups in total. The summed E-state index contributed by atoms with van der Waals surface area (Å²) in [5, 5.41) is 3.34. The van der Waals surface area contributed by atoms with E-state index in [4.69, 9.17) is 9.47 Å². The van der Waals surface area contributed by atoms with Gasteiger partial charge in [0.25, 0.3) is 0 Å². The van der Waals surface area contributed by atoms with Gasteiger partial charge in [0, 0.05) is 12.8 Å². The maximum atomic E-state index is 12.7. The van der Waals surface area contributed by atoms with Crippen LogP contribution in [-0.2, 0) is 10.3 Å². The van der Waals surface area contributed by atoms with Gasteiger partial charge in [-0.15, -0.1) is 0 Å². The van der Waals surface area contributed by atoms with E-state index in [1.807, 2.05) is 37.3 Å². The summed E-state index contributed by atoms with van der Waals surface area (Å²) in [5.41, 5.74) is 1.06. The number of hydrogen-bond donors (Lipinski definition) is 1. The largest absolute Gasteiger partial charge is 0.494 e. The van der Waals surface area contributed by atoms with Crippen molar-refractivity contribution in [1.82, 2.24) is 5.32 Å². The third-order valence-electron chi connectivity index (χ3n) is 4.40. The zero-order chi connectivity index (χ0) is 16.8. The number of esters is 1. The highest BCUT2D eigenvalue weighted by molar-refractivity contribution is 5.89. The molecule has 0 radical (unpaired) electrons. The summed E-state index contributed by atoms with van der Waals surface area (Å²) in [5.74, 6) is 0.470. The molecule has 126 valence electrons. The number of hydrogen-bond acceptors (Lipinski definition) is 4. The third kappa shape index (κ3) is 3.60. The van der Waals surface area contributed by atoms with Crippen molar-refractivity contribution in [1.29, 1.82) is 0 Å². The van der Waals surface area contributed by atoms with Gasteiger partial charge in [0.15, 0.2) is 0 Å². The summed E-state index contributed by atoms with van der Waals surface area (Å²) >= 11 is 0. The van der Waals surface area contributed by atoms with Crippen LogP contribution in [-0.4, -0.2) is 25.7 Å². The molecule has 1 heterocycles. The van der Waals surface area contributed by atoms with Crippen molar-refractivity contribution in [2.45, 2.75) is 25.4 Å². The van der Waals surface area contributed by atoms with Crippen LogP contribution in [0, 0.1) is 0 Å². The average Bonchev–Trinajstić information content (AvgIpc) is 2.64. The molecular formula is C20H23NO3. The topological polar surface area (TPSA) is 47.6 Å². The molecule has 4 nitrogen and oxygen atoms in total. The second-order valence-electron chi connectivity index (χ2n) is 5.96. The molecule has 0 atom stereocenters. The summed E-state index contributed by atoms with van der Waals surface area (Å²) in [6.07, 6.45) is 1.56. The summed E-state index contributed by atoms with van der Waals surface area (Å²) in [6.45, 7) is 4.22. The fraction of sp³-hybridized carbons (Fsp3) is 0.350. The molecular weight excluding hydrogens is 302 g/mol. The maximum Gasteiger partial charge on any atom is 0.339 e. The van der Waals surface area contributed by atoms with Gasteiger partial charge in [0.05, 0.1) is 12.2 Å². The number of carbonyl (C=O) groups excluding carboxylic acids is 1. The van der Waals surface area contributed by atoms with E-state index in [0.29, 0.717) is 12.2 Å². The van der Waals surface area contributed by atoms with Crippen LogP contribution in [0.4, 0.5) is 0 Å². The van der Waals surface area contributed by atoms with E-state index in [2.05, 4.69) is 5.32 Å². The second kappa shape index (κ2) is 7.49. The van der Waals surface area contributed by atoms with Crippen molar-refractivity contribution in [3.63, 3.8) is 0 Å². The van der Waals surface area contributed by atoms with Crippen LogP contribution in [0.1, 0.15) is 35.7 Å². The van der Waals surface area contributed by atoms with Crippen molar-refractivity contribution < 1.29 is 14.3 Å². The Bertz CT molecular complexity index is 661. The lowest BCUT2D eigenvalue weighted by Crippen LogP contribution is -2.43. The van der Waals surface area contributed by atoms with E-state index in [0.717, 1.165) is 37.2 Å². The highest BCUT2D eigenvalue weighted by atomic mass is 16.6. The van der Waals surface area contributed by atoms with Crippen LogP contribution in [0.3, 0.4) is 0 Å². The molecule has 0 amide bonds. The number of nitrogens with one attached hydrogen (secondary N) is 1. The van der Waals surface area contributed by atoms with Crippen molar-refractivity contribution in [2.24, 2.45) is 0 Å². The Hall–Kier alpha value is -2.33. The van der Waals surface area contributed by atoms with Crippen LogP contribution >= 0.6 is 0 Å². The van der Waals surface area contributed by atoms with Crippen molar-refractivity contribution in [2.75, 3.05) is 19.7 Å². The summed E-state index contributed by atoms with van der Waals surface area (Å²) < 4.78 is 11.5. The monoisotopic (exact) mass is 325 g/mol. The first-order valence-electron chi connectivity index (χ1n) is 8.46. The molecule has 2 aromatic carbocycles. The first-order valence-corrected chi connectivity index (χ1v) is 8.46. The maximum absolute atomic E-state index is 12.7. The van der Waals surface area contributed by atoms with Crippen LogP contribution in [0.25, 0.3) is 0 Å². The van der Waals surface area contributed by atoms with Crippen LogP contribution in [0.5, 0.6) is 5.75 Å². The molecule has 4 heteroatoms. The smallest absolute Gasteiger partial charge is 0.339 e. The molecule has 1 aliphatic rings. The summed E-state index contributed by atoms with van der Waals surface area (Å²) in [4.78, 5) is 12.7. The normalized spacial score (nSPS) is 16.4. The molecule has 0 spiro atoms. The molecule has 0 unspecified atom stereocenters. The molecule has 0 saturated carbocycles. The minimum atomic E-state index is -0.553. The Labute approximate surface area is 142 Å². The summed E-state index contributed by atoms with van der Waals surface area (Å²) in [6, 6.07) is 17.2. The minimum absolute atomic E-state index is 0.288. The number of piperidine rings is 1. The Morgan fingerprint density at radius 2 is 1.71 bits per heavy atom. The number of carbonyl (C=O) groups is 1. The van der Waals surface area contributed by atoms with Crippen molar-refractivity contribution in [3.05, 3.63) is 65.7 Å². The van der Waals surface area contributed by atoms with Crippen molar-refractivity contribution in [3.8, 4) is 5.75 Å². The molecule has 1 saturated heterocycles. The Morgan fingerprint density at radius 1 is 1.04 bits per heavy atom. The minimum Gasteiger partial charge on any atom is -0.494 e. The molecule has 1 aliphatic heterocycles. The van der Waals surface area contributed by atoms with Gasteiger partial charge in [-0.1, -0.05) is 30.3 Å². The van der Waals surface area contributed by atoms with E-state index in [-0.39, 0.29) is 5.97 Å². The molecule has 0 aliphatic carbocycles. The molecule has 24 heavy (non-hydrogen) atoms. The average molecular weight is 325 g/mol. The van der Waals surface area contributed by atoms with E-state index in [9.17, 15) is 4.79 Å². The first-order chi connectivity index (χ1) is 11.7. The fourth-order valence-electron chi connectivity index (χ4n) is 3.11. The highest BCUT2D eigenvalue weighted by Crippen LogP contribution is 2.35. The Kier molecular flexibility index (Phi) is 5.16. The number of benzene rings is 2. The van der Waals surface area contributed by atoms with Gasteiger partial charge in [0.2, 0.25) is 0 Å². The predicted molar refractivity (Wildman–Crippen MR) is 93.3 cm³/mol. The lowest BCUT2D eigenvalue weighted by Gasteiger charge is -2.37. The lowest BCUT2D eigenvalue weighted by molar-refractivity contribution is -0.0378. The molecule has 0 bridgehead atoms. The predicted octanol–water partition coefficient (Wildman–Crippen LogP) is 3.52. The van der Waals surface area contributed by atoms with Gasteiger partial charge in [-0.2, -0.15) is 0 Å². The van der Waals surface area contributed by atoms with Gasteiger partial charge in [0.1, 0.15) is 11.4 Å². The third-order valence-corrected chi connectivity index (χ3v) is 4.40. The zero-order valence-electron chi connectivity index (χ0n) is 14.0. The first kappa shape index (κ1) is 16.5. The van der Waals surface area contributed by atoms with Gasteiger partial charge < -0.3 is 14.8 Å². The van der Waals surface area contributed by atoms with Gasteiger partial charge in [-0.3, -0.25) is 0 Å². The molecule has 3 rings (SSSR count). The molecule has 0 aromatic heterocycles. The van der Waals surface area contributed by atoms with Gasteiger partial charge in [-0.05, 0) is 49.8 Å². The van der Waals surface area contributed by atoms with Crippen LogP contribution in [0.15, 0.2) is 54.6 Å². The number of ether oxygens (including phenoxy) is 2. The van der Waals surface area contributed by atoms with E-state index in [1.165, 1.54) is 0 Å². The van der Waals surface area contributed by atoms with Crippen LogP contribution in [0.2, 0.25) is 0 Å². The van der Waals surface area contributed by atoms with Gasteiger partial charge in [-0.25, -0.2) is 4.79 Å². The van der Waals surface area contributed by atoms with E-state index in [1.54, 1.807) is 24.3 Å². The highest BCUT2D eigenvalue weighted by Gasteiger charge is 2.37. The fourth-order valence-corrected chi connectivity index (χ4v) is 3.11. The Balaban J connectivity index is 1.81. The van der Waals surface area contributed by atoms with Crippen LogP contribution < -0.4 is 10.1 Å². The molecule has 2 aromatic rings. The second-order valence-corrected chi connectivity index (χ2v) is 5.96. The van der Waals surface area contributed by atoms with E-state index < -0.39 is 5.60 Å². The Morgan fingerprint density at radius 3 is 2.33 bits per heavy atom. The SMILES string of the molecule is CCOc1ccc(C(=O)OC2(c3ccccc3)CCNCC2)cc1. The van der Waals surface area contributed by atoms with E-state index >= 15 is 0 Å². The van der Waals surface area contributed by atoms with Crippen molar-refractivity contribution >= 4 is 5.97 Å². The molecule has 1 fully saturated rings. The quantitative estimate of drug-likeness (QED) is 0.855. The zero-order valence-corrected chi connectivity index (χ0v) is 14.0. The lowest BCUT2D eigenvalue weighted by atomic mass is 9.84. The van der Waals surface area contributed by atoms with Gasteiger partial charge >= 0.3 is 5.97 Å².